The number of hydrogen-bond acceptors (Lipinski definition) is 5. The van der Waals surface area contributed by atoms with Crippen molar-refractivity contribution in [2.45, 2.75) is 25.4 Å². The van der Waals surface area contributed by atoms with Gasteiger partial charge in [-0.3, -0.25) is 4.79 Å². The summed E-state index contributed by atoms with van der Waals surface area (Å²) in [5.41, 5.74) is -0.179. The maximum absolute atomic E-state index is 12.2. The molecule has 1 N–H and O–H groups in total. The van der Waals surface area contributed by atoms with Crippen molar-refractivity contribution in [2.24, 2.45) is 0 Å². The molecule has 1 aromatic carbocycles. The summed E-state index contributed by atoms with van der Waals surface area (Å²) in [6.45, 7) is 2.22. The van der Waals surface area contributed by atoms with Crippen molar-refractivity contribution in [2.75, 3.05) is 25.6 Å². The highest BCUT2D eigenvalue weighted by Gasteiger charge is 2.37. The van der Waals surface area contributed by atoms with Gasteiger partial charge in [0, 0.05) is 18.4 Å². The smallest absolute Gasteiger partial charge is 0.343 e. The van der Waals surface area contributed by atoms with Crippen LogP contribution in [0.3, 0.4) is 0 Å². The van der Waals surface area contributed by atoms with Gasteiger partial charge in [0.15, 0.2) is 6.61 Å². The second kappa shape index (κ2) is 6.58. The number of ether oxygens (including phenoxy) is 3. The van der Waals surface area contributed by atoms with Crippen LogP contribution in [0.1, 0.15) is 19.8 Å². The number of benzene rings is 1. The molecule has 21 heavy (non-hydrogen) atoms. The molecule has 1 aliphatic heterocycles. The summed E-state index contributed by atoms with van der Waals surface area (Å²) in [7, 11) is 1.30. The maximum Gasteiger partial charge on any atom is 0.343 e. The van der Waals surface area contributed by atoms with E-state index < -0.39 is 11.6 Å². The van der Waals surface area contributed by atoms with E-state index in [0.29, 0.717) is 24.5 Å². The fourth-order valence-electron chi connectivity index (χ4n) is 2.09. The number of nitrogens with one attached hydrogen (secondary N) is 1. The molecule has 2 rings (SSSR count). The number of rotatable bonds is 5. The third kappa shape index (κ3) is 3.95. The van der Waals surface area contributed by atoms with Gasteiger partial charge in [-0.1, -0.05) is 6.07 Å². The standard InChI is InChI=1S/C15H19NO5/c1-15(7-4-8-21-15)14(18)16-11-5-3-6-12(9-11)20-10-13(17)19-2/h3,5-6,9H,4,7-8,10H2,1-2H3,(H,16,18). The number of anilines is 1. The van der Waals surface area contributed by atoms with Gasteiger partial charge in [-0.15, -0.1) is 0 Å². The van der Waals surface area contributed by atoms with Crippen LogP contribution < -0.4 is 10.1 Å². The Balaban J connectivity index is 1.97. The Morgan fingerprint density at radius 2 is 2.24 bits per heavy atom. The van der Waals surface area contributed by atoms with Gasteiger partial charge in [0.05, 0.1) is 7.11 Å². The molecule has 1 fully saturated rings. The van der Waals surface area contributed by atoms with Gasteiger partial charge < -0.3 is 19.5 Å². The summed E-state index contributed by atoms with van der Waals surface area (Å²) in [4.78, 5) is 23.2. The molecule has 1 heterocycles. The summed E-state index contributed by atoms with van der Waals surface area (Å²) in [5.74, 6) is -0.155. The van der Waals surface area contributed by atoms with Crippen LogP contribution in [0.25, 0.3) is 0 Å². The SMILES string of the molecule is COC(=O)COc1cccc(NC(=O)C2(C)CCCO2)c1. The zero-order valence-corrected chi connectivity index (χ0v) is 12.2. The van der Waals surface area contributed by atoms with Crippen molar-refractivity contribution in [3.8, 4) is 5.75 Å². The van der Waals surface area contributed by atoms with Crippen molar-refractivity contribution in [3.05, 3.63) is 24.3 Å². The molecule has 0 bridgehead atoms. The van der Waals surface area contributed by atoms with Gasteiger partial charge in [0.2, 0.25) is 0 Å². The van der Waals surface area contributed by atoms with E-state index in [1.54, 1.807) is 31.2 Å². The maximum atomic E-state index is 12.2. The van der Waals surface area contributed by atoms with Crippen LogP contribution in [-0.2, 0) is 19.1 Å². The molecular weight excluding hydrogens is 274 g/mol. The number of hydrogen-bond donors (Lipinski definition) is 1. The molecule has 1 amide bonds. The van der Waals surface area contributed by atoms with Crippen molar-refractivity contribution >= 4 is 17.6 Å². The number of carbonyl (C=O) groups is 2. The van der Waals surface area contributed by atoms with Crippen LogP contribution in [0.4, 0.5) is 5.69 Å². The van der Waals surface area contributed by atoms with E-state index in [1.165, 1.54) is 7.11 Å². The largest absolute Gasteiger partial charge is 0.482 e. The van der Waals surface area contributed by atoms with Crippen LogP contribution in [-0.4, -0.2) is 37.8 Å². The zero-order chi connectivity index (χ0) is 15.3. The molecule has 0 aromatic heterocycles. The summed E-state index contributed by atoms with van der Waals surface area (Å²) >= 11 is 0. The van der Waals surface area contributed by atoms with Gasteiger partial charge in [-0.2, -0.15) is 0 Å². The first-order valence-corrected chi connectivity index (χ1v) is 6.78. The minimum atomic E-state index is -0.775. The molecule has 1 atom stereocenters. The van der Waals surface area contributed by atoms with Gasteiger partial charge in [-0.25, -0.2) is 4.79 Å². The normalized spacial score (nSPS) is 20.9. The number of carbonyl (C=O) groups excluding carboxylic acids is 2. The molecule has 0 spiro atoms. The first-order valence-electron chi connectivity index (χ1n) is 6.78. The predicted octanol–water partition coefficient (Wildman–Crippen LogP) is 1.75. The Morgan fingerprint density at radius 3 is 2.90 bits per heavy atom. The average Bonchev–Trinajstić information content (AvgIpc) is 2.93. The van der Waals surface area contributed by atoms with E-state index in [9.17, 15) is 9.59 Å². The molecule has 6 nitrogen and oxygen atoms in total. The fourth-order valence-corrected chi connectivity index (χ4v) is 2.09. The lowest BCUT2D eigenvalue weighted by molar-refractivity contribution is -0.142. The van der Waals surface area contributed by atoms with Crippen LogP contribution in [0.5, 0.6) is 5.75 Å². The fraction of sp³-hybridized carbons (Fsp3) is 0.467. The summed E-state index contributed by atoms with van der Waals surface area (Å²) in [6.07, 6.45) is 1.59. The van der Waals surface area contributed by atoms with Gasteiger partial charge >= 0.3 is 5.97 Å². The molecule has 1 unspecified atom stereocenters. The van der Waals surface area contributed by atoms with Crippen molar-refractivity contribution in [3.63, 3.8) is 0 Å². The lowest BCUT2D eigenvalue weighted by Gasteiger charge is -2.22. The highest BCUT2D eigenvalue weighted by atomic mass is 16.6. The number of methoxy groups -OCH3 is 1. The summed E-state index contributed by atoms with van der Waals surface area (Å²) in [6, 6.07) is 6.84. The lowest BCUT2D eigenvalue weighted by Crippen LogP contribution is -2.39. The predicted molar refractivity (Wildman–Crippen MR) is 76.2 cm³/mol. The highest BCUT2D eigenvalue weighted by Crippen LogP contribution is 2.27. The second-order valence-corrected chi connectivity index (χ2v) is 5.03. The van der Waals surface area contributed by atoms with Crippen molar-refractivity contribution in [1.29, 1.82) is 0 Å². The van der Waals surface area contributed by atoms with E-state index in [2.05, 4.69) is 10.1 Å². The molecule has 0 aliphatic carbocycles. The topological polar surface area (TPSA) is 73.9 Å². The molecular formula is C15H19NO5. The first kappa shape index (κ1) is 15.3. The van der Waals surface area contributed by atoms with Crippen LogP contribution in [0, 0.1) is 0 Å². The minimum Gasteiger partial charge on any atom is -0.482 e. The van der Waals surface area contributed by atoms with Crippen LogP contribution >= 0.6 is 0 Å². The molecule has 1 aliphatic rings. The third-order valence-electron chi connectivity index (χ3n) is 3.38. The minimum absolute atomic E-state index is 0.172. The van der Waals surface area contributed by atoms with E-state index in [1.807, 2.05) is 0 Å². The van der Waals surface area contributed by atoms with Crippen molar-refractivity contribution < 1.29 is 23.8 Å². The molecule has 1 aromatic rings. The molecule has 0 radical (unpaired) electrons. The van der Waals surface area contributed by atoms with Crippen LogP contribution in [0.15, 0.2) is 24.3 Å². The molecule has 6 heteroatoms. The number of amides is 1. The highest BCUT2D eigenvalue weighted by molar-refractivity contribution is 5.97. The van der Waals surface area contributed by atoms with Gasteiger partial charge in [0.1, 0.15) is 11.4 Å². The average molecular weight is 293 g/mol. The quantitative estimate of drug-likeness (QED) is 0.837. The number of esters is 1. The molecule has 114 valence electrons. The van der Waals surface area contributed by atoms with E-state index in [0.717, 1.165) is 6.42 Å². The van der Waals surface area contributed by atoms with Gasteiger partial charge in [0.25, 0.3) is 5.91 Å². The van der Waals surface area contributed by atoms with Crippen LogP contribution in [0.2, 0.25) is 0 Å². The Labute approximate surface area is 123 Å². The van der Waals surface area contributed by atoms with E-state index in [4.69, 9.17) is 9.47 Å². The summed E-state index contributed by atoms with van der Waals surface area (Å²) < 4.78 is 15.3. The zero-order valence-electron chi connectivity index (χ0n) is 12.2. The molecule has 1 saturated heterocycles. The Hall–Kier alpha value is -2.08. The van der Waals surface area contributed by atoms with Gasteiger partial charge in [-0.05, 0) is 31.9 Å². The third-order valence-corrected chi connectivity index (χ3v) is 3.38. The Bertz CT molecular complexity index is 523. The first-order chi connectivity index (χ1) is 10.0. The monoisotopic (exact) mass is 293 g/mol. The Morgan fingerprint density at radius 1 is 1.43 bits per heavy atom. The van der Waals surface area contributed by atoms with E-state index in [-0.39, 0.29) is 12.5 Å². The lowest BCUT2D eigenvalue weighted by atomic mass is 10.0. The second-order valence-electron chi connectivity index (χ2n) is 5.03. The van der Waals surface area contributed by atoms with E-state index >= 15 is 0 Å². The van der Waals surface area contributed by atoms with Crippen molar-refractivity contribution in [1.82, 2.24) is 0 Å². The molecule has 0 saturated carbocycles. The Kier molecular flexibility index (Phi) is 4.80. The summed E-state index contributed by atoms with van der Waals surface area (Å²) in [5, 5.41) is 2.81.